The second kappa shape index (κ2) is 8.16. The average Bonchev–Trinajstić information content (AvgIpc) is 2.07. The zero-order valence-electron chi connectivity index (χ0n) is 11.6. The summed E-state index contributed by atoms with van der Waals surface area (Å²) in [6, 6.07) is 0. The number of sulfonamides is 1. The van der Waals surface area contributed by atoms with E-state index in [1.165, 1.54) is 0 Å². The lowest BCUT2D eigenvalue weighted by Gasteiger charge is -2.23. The van der Waals surface area contributed by atoms with Crippen LogP contribution in [-0.4, -0.2) is 39.3 Å². The normalized spacial score (nSPS) is 13.3. The number of guanidine groups is 1. The fourth-order valence-electron chi connectivity index (χ4n) is 1.18. The van der Waals surface area contributed by atoms with Gasteiger partial charge in [0, 0.05) is 12.1 Å². The molecule has 0 aliphatic rings. The molecule has 0 atom stereocenters. The lowest BCUT2D eigenvalue weighted by atomic mass is 10.1. The molecule has 0 radical (unpaired) electrons. The fourth-order valence-corrected chi connectivity index (χ4v) is 2.25. The third-order valence-electron chi connectivity index (χ3n) is 1.80. The molecule has 4 N–H and O–H groups in total. The lowest BCUT2D eigenvalue weighted by molar-refractivity contribution is 0.465. The molecule has 0 heterocycles. The number of halogens is 1. The third kappa shape index (κ3) is 12.4. The largest absolute Gasteiger partial charge is 0.370 e. The van der Waals surface area contributed by atoms with Crippen molar-refractivity contribution in [3.8, 4) is 0 Å². The predicted octanol–water partition coefficient (Wildman–Crippen LogP) is 0.493. The van der Waals surface area contributed by atoms with Gasteiger partial charge in [0.05, 0.1) is 12.8 Å². The topological polar surface area (TPSA) is 96.6 Å². The van der Waals surface area contributed by atoms with Gasteiger partial charge in [-0.05, 0) is 19.8 Å². The van der Waals surface area contributed by atoms with E-state index in [1.807, 2.05) is 0 Å². The highest BCUT2D eigenvalue weighted by molar-refractivity contribution is 14.0. The van der Waals surface area contributed by atoms with Gasteiger partial charge in [-0.1, -0.05) is 13.8 Å². The molecule has 0 aromatic rings. The third-order valence-corrected chi connectivity index (χ3v) is 2.72. The monoisotopic (exact) mass is 392 g/mol. The van der Waals surface area contributed by atoms with Crippen molar-refractivity contribution in [2.24, 2.45) is 16.6 Å². The molecular formula is C10H25IN4O2S. The highest BCUT2D eigenvalue weighted by Crippen LogP contribution is 2.04. The molecule has 0 saturated heterocycles. The highest BCUT2D eigenvalue weighted by Gasteiger charge is 2.21. The van der Waals surface area contributed by atoms with Crippen LogP contribution in [0.3, 0.4) is 0 Å². The second-order valence-electron chi connectivity index (χ2n) is 5.23. The predicted molar refractivity (Wildman–Crippen MR) is 86.8 cm³/mol. The second-order valence-corrected chi connectivity index (χ2v) is 6.98. The molecule has 0 amide bonds. The number of hydrogen-bond donors (Lipinski definition) is 3. The Labute approximate surface area is 127 Å². The summed E-state index contributed by atoms with van der Waals surface area (Å²) in [5, 5.41) is 2.97. The summed E-state index contributed by atoms with van der Waals surface area (Å²) >= 11 is 0. The maximum absolute atomic E-state index is 11.1. The lowest BCUT2D eigenvalue weighted by Crippen LogP contribution is -2.46. The van der Waals surface area contributed by atoms with Crippen LogP contribution < -0.4 is 15.8 Å². The highest BCUT2D eigenvalue weighted by atomic mass is 127. The van der Waals surface area contributed by atoms with E-state index in [1.54, 1.807) is 13.8 Å². The number of aliphatic imine (C=N–C) groups is 1. The van der Waals surface area contributed by atoms with Gasteiger partial charge in [-0.25, -0.2) is 13.1 Å². The van der Waals surface area contributed by atoms with Crippen LogP contribution in [0.5, 0.6) is 0 Å². The van der Waals surface area contributed by atoms with Gasteiger partial charge in [-0.2, -0.15) is 0 Å². The van der Waals surface area contributed by atoms with Crippen molar-refractivity contribution in [2.75, 3.05) is 19.3 Å². The SMILES string of the molecule is CC(C)CNC(N)=NCC(C)(C)NS(C)(=O)=O.I. The van der Waals surface area contributed by atoms with Crippen LogP contribution in [0.4, 0.5) is 0 Å². The number of hydrogen-bond acceptors (Lipinski definition) is 3. The van der Waals surface area contributed by atoms with Crippen molar-refractivity contribution in [1.82, 2.24) is 10.0 Å². The zero-order chi connectivity index (χ0) is 13.7. The van der Waals surface area contributed by atoms with E-state index in [-0.39, 0.29) is 30.5 Å². The smallest absolute Gasteiger partial charge is 0.209 e. The van der Waals surface area contributed by atoms with E-state index in [9.17, 15) is 8.42 Å². The maximum atomic E-state index is 11.1. The molecule has 110 valence electrons. The first-order chi connectivity index (χ1) is 7.52. The summed E-state index contributed by atoms with van der Waals surface area (Å²) in [5.74, 6) is 0.813. The summed E-state index contributed by atoms with van der Waals surface area (Å²) in [5.41, 5.74) is 5.01. The molecule has 0 rings (SSSR count). The molecule has 6 nitrogen and oxygen atoms in total. The van der Waals surface area contributed by atoms with E-state index in [0.29, 0.717) is 11.9 Å². The van der Waals surface area contributed by atoms with Gasteiger partial charge in [-0.15, -0.1) is 24.0 Å². The first-order valence-electron chi connectivity index (χ1n) is 5.54. The minimum absolute atomic E-state index is 0. The molecule has 0 unspecified atom stereocenters. The van der Waals surface area contributed by atoms with E-state index in [4.69, 9.17) is 5.73 Å². The molecule has 18 heavy (non-hydrogen) atoms. The molecule has 0 aromatic heterocycles. The Morgan fingerprint density at radius 3 is 2.28 bits per heavy atom. The number of nitrogens with zero attached hydrogens (tertiary/aromatic N) is 1. The van der Waals surface area contributed by atoms with Crippen molar-refractivity contribution in [2.45, 2.75) is 33.2 Å². The molecule has 0 aliphatic carbocycles. The van der Waals surface area contributed by atoms with Crippen LogP contribution >= 0.6 is 24.0 Å². The Hall–Kier alpha value is -0.0900. The van der Waals surface area contributed by atoms with Crippen molar-refractivity contribution >= 4 is 40.0 Å². The summed E-state index contributed by atoms with van der Waals surface area (Å²) in [6.45, 7) is 8.68. The number of rotatable bonds is 6. The van der Waals surface area contributed by atoms with Gasteiger partial charge >= 0.3 is 0 Å². The van der Waals surface area contributed by atoms with Crippen LogP contribution in [0.1, 0.15) is 27.7 Å². The minimum atomic E-state index is -3.24. The van der Waals surface area contributed by atoms with Gasteiger partial charge in [-0.3, -0.25) is 4.99 Å². The van der Waals surface area contributed by atoms with Crippen LogP contribution in [0.25, 0.3) is 0 Å². The fraction of sp³-hybridized carbons (Fsp3) is 0.900. The Kier molecular flexibility index (Phi) is 9.17. The summed E-state index contributed by atoms with van der Waals surface area (Å²) in [4.78, 5) is 4.11. The number of nitrogens with two attached hydrogens (primary N) is 1. The van der Waals surface area contributed by atoms with E-state index >= 15 is 0 Å². The van der Waals surface area contributed by atoms with Gasteiger partial charge < -0.3 is 11.1 Å². The summed E-state index contributed by atoms with van der Waals surface area (Å²) < 4.78 is 24.7. The maximum Gasteiger partial charge on any atom is 0.209 e. The molecule has 0 saturated carbocycles. The Morgan fingerprint density at radius 1 is 1.39 bits per heavy atom. The molecule has 8 heteroatoms. The standard InChI is InChI=1S/C10H24N4O2S.HI/c1-8(2)6-12-9(11)13-7-10(3,4)14-17(5,15)16;/h8,14H,6-7H2,1-5H3,(H3,11,12,13);1H. The Balaban J connectivity index is 0. The van der Waals surface area contributed by atoms with Crippen molar-refractivity contribution in [3.63, 3.8) is 0 Å². The van der Waals surface area contributed by atoms with E-state index < -0.39 is 15.6 Å². The van der Waals surface area contributed by atoms with Crippen LogP contribution in [0.2, 0.25) is 0 Å². The average molecular weight is 392 g/mol. The van der Waals surface area contributed by atoms with Crippen molar-refractivity contribution in [1.29, 1.82) is 0 Å². The Bertz CT molecular complexity index is 366. The zero-order valence-corrected chi connectivity index (χ0v) is 14.8. The molecule has 0 bridgehead atoms. The first-order valence-corrected chi connectivity index (χ1v) is 7.44. The molecular weight excluding hydrogens is 367 g/mol. The van der Waals surface area contributed by atoms with Crippen LogP contribution in [-0.2, 0) is 10.0 Å². The van der Waals surface area contributed by atoms with Crippen LogP contribution in [0.15, 0.2) is 4.99 Å². The number of nitrogens with one attached hydrogen (secondary N) is 2. The first kappa shape index (κ1) is 20.2. The Morgan fingerprint density at radius 2 is 1.89 bits per heavy atom. The van der Waals surface area contributed by atoms with Crippen molar-refractivity contribution in [3.05, 3.63) is 0 Å². The van der Waals surface area contributed by atoms with Gasteiger partial charge in [0.1, 0.15) is 0 Å². The quantitative estimate of drug-likeness (QED) is 0.348. The van der Waals surface area contributed by atoms with Crippen molar-refractivity contribution < 1.29 is 8.42 Å². The van der Waals surface area contributed by atoms with Crippen LogP contribution in [0, 0.1) is 5.92 Å². The molecule has 0 fully saturated rings. The molecule has 0 aromatic carbocycles. The van der Waals surface area contributed by atoms with Gasteiger partial charge in [0.15, 0.2) is 5.96 Å². The summed E-state index contributed by atoms with van der Waals surface area (Å²) in [6.07, 6.45) is 1.12. The minimum Gasteiger partial charge on any atom is -0.370 e. The molecule has 0 aliphatic heterocycles. The van der Waals surface area contributed by atoms with E-state index in [2.05, 4.69) is 28.9 Å². The van der Waals surface area contributed by atoms with E-state index in [0.717, 1.165) is 12.8 Å². The summed E-state index contributed by atoms with van der Waals surface area (Å²) in [7, 11) is -3.24. The van der Waals surface area contributed by atoms with Gasteiger partial charge in [0.2, 0.25) is 10.0 Å². The van der Waals surface area contributed by atoms with Gasteiger partial charge in [0.25, 0.3) is 0 Å². The molecule has 0 spiro atoms.